The molecule has 0 aliphatic heterocycles. The average molecular weight is 454 g/mol. The molecule has 0 saturated heterocycles. The number of nitrogens with zero attached hydrogens (tertiary/aromatic N) is 3. The van der Waals surface area contributed by atoms with Crippen LogP contribution in [0, 0.1) is 13.8 Å². The standard InChI is InChI=1S/C29H31N3O2/c1-4-5-6-7-18-34-24-16-17-25(26(33)19-24)29-31-27(22-12-8-20(2)9-13-22)30-28(32-29)23-14-10-21(3)11-15-23/h8-17,19,33H,4-7,18H2,1-3H3. The highest BCUT2D eigenvalue weighted by molar-refractivity contribution is 5.70. The van der Waals surface area contributed by atoms with Gasteiger partial charge in [-0.2, -0.15) is 0 Å². The summed E-state index contributed by atoms with van der Waals surface area (Å²) >= 11 is 0. The molecular weight excluding hydrogens is 422 g/mol. The van der Waals surface area contributed by atoms with Gasteiger partial charge in [-0.3, -0.25) is 0 Å². The normalized spacial score (nSPS) is 10.9. The second kappa shape index (κ2) is 10.9. The number of ether oxygens (including phenoxy) is 1. The number of rotatable bonds is 9. The highest BCUT2D eigenvalue weighted by Crippen LogP contribution is 2.33. The molecule has 0 spiro atoms. The van der Waals surface area contributed by atoms with Crippen molar-refractivity contribution in [3.63, 3.8) is 0 Å². The molecule has 5 heteroatoms. The summed E-state index contributed by atoms with van der Waals surface area (Å²) in [7, 11) is 0. The van der Waals surface area contributed by atoms with Gasteiger partial charge in [0.25, 0.3) is 0 Å². The minimum Gasteiger partial charge on any atom is -0.507 e. The quantitative estimate of drug-likeness (QED) is 0.272. The van der Waals surface area contributed by atoms with Crippen LogP contribution in [0.1, 0.15) is 43.7 Å². The van der Waals surface area contributed by atoms with Gasteiger partial charge < -0.3 is 9.84 Å². The molecule has 0 aliphatic rings. The van der Waals surface area contributed by atoms with E-state index in [0.29, 0.717) is 35.4 Å². The molecule has 3 aromatic carbocycles. The Bertz CT molecular complexity index is 1170. The van der Waals surface area contributed by atoms with E-state index in [-0.39, 0.29) is 5.75 Å². The van der Waals surface area contributed by atoms with E-state index in [1.807, 2.05) is 74.5 Å². The summed E-state index contributed by atoms with van der Waals surface area (Å²) in [5, 5.41) is 10.8. The van der Waals surface area contributed by atoms with E-state index >= 15 is 0 Å². The molecule has 0 radical (unpaired) electrons. The lowest BCUT2D eigenvalue weighted by molar-refractivity contribution is 0.303. The molecule has 0 bridgehead atoms. The third-order valence-corrected chi connectivity index (χ3v) is 5.73. The fourth-order valence-electron chi connectivity index (χ4n) is 3.67. The molecule has 0 saturated carbocycles. The summed E-state index contributed by atoms with van der Waals surface area (Å²) in [5.41, 5.74) is 4.67. The van der Waals surface area contributed by atoms with E-state index in [0.717, 1.165) is 24.0 Å². The number of aromatic hydroxyl groups is 1. The fraction of sp³-hybridized carbons (Fsp3) is 0.276. The van der Waals surface area contributed by atoms with Gasteiger partial charge >= 0.3 is 0 Å². The number of phenols is 1. The van der Waals surface area contributed by atoms with Crippen molar-refractivity contribution in [2.75, 3.05) is 6.61 Å². The molecule has 174 valence electrons. The van der Waals surface area contributed by atoms with Crippen molar-refractivity contribution < 1.29 is 9.84 Å². The van der Waals surface area contributed by atoms with Crippen molar-refractivity contribution >= 4 is 0 Å². The molecule has 0 unspecified atom stereocenters. The van der Waals surface area contributed by atoms with Crippen LogP contribution in [0.15, 0.2) is 66.7 Å². The molecule has 0 amide bonds. The predicted octanol–water partition coefficient (Wildman–Crippen LogP) is 7.15. The summed E-state index contributed by atoms with van der Waals surface area (Å²) in [6.07, 6.45) is 4.55. The molecule has 4 aromatic rings. The topological polar surface area (TPSA) is 68.1 Å². The van der Waals surface area contributed by atoms with Crippen LogP contribution in [0.25, 0.3) is 34.2 Å². The van der Waals surface area contributed by atoms with E-state index in [1.54, 1.807) is 6.07 Å². The second-order valence-electron chi connectivity index (χ2n) is 8.63. The molecule has 0 aliphatic carbocycles. The monoisotopic (exact) mass is 453 g/mol. The van der Waals surface area contributed by atoms with Gasteiger partial charge in [0.1, 0.15) is 11.5 Å². The van der Waals surface area contributed by atoms with Crippen LogP contribution in [0.2, 0.25) is 0 Å². The first-order chi connectivity index (χ1) is 16.5. The lowest BCUT2D eigenvalue weighted by Gasteiger charge is -2.11. The van der Waals surface area contributed by atoms with Crippen LogP contribution < -0.4 is 4.74 Å². The fourth-order valence-corrected chi connectivity index (χ4v) is 3.67. The average Bonchev–Trinajstić information content (AvgIpc) is 2.84. The van der Waals surface area contributed by atoms with Crippen molar-refractivity contribution in [2.45, 2.75) is 46.5 Å². The highest BCUT2D eigenvalue weighted by Gasteiger charge is 2.15. The van der Waals surface area contributed by atoms with E-state index in [1.165, 1.54) is 24.0 Å². The molecule has 0 fully saturated rings. The largest absolute Gasteiger partial charge is 0.507 e. The van der Waals surface area contributed by atoms with Gasteiger partial charge in [0, 0.05) is 17.2 Å². The van der Waals surface area contributed by atoms with Crippen LogP contribution in [0.4, 0.5) is 0 Å². The Morgan fingerprint density at radius 3 is 1.76 bits per heavy atom. The third kappa shape index (κ3) is 5.79. The predicted molar refractivity (Wildman–Crippen MR) is 137 cm³/mol. The number of unbranched alkanes of at least 4 members (excludes halogenated alkanes) is 3. The molecule has 0 atom stereocenters. The summed E-state index contributed by atoms with van der Waals surface area (Å²) in [6, 6.07) is 21.5. The molecule has 1 N–H and O–H groups in total. The Morgan fingerprint density at radius 1 is 0.676 bits per heavy atom. The lowest BCUT2D eigenvalue weighted by Crippen LogP contribution is -2.01. The summed E-state index contributed by atoms with van der Waals surface area (Å²) in [4.78, 5) is 14.2. The first kappa shape index (κ1) is 23.4. The smallest absolute Gasteiger partial charge is 0.167 e. The molecule has 34 heavy (non-hydrogen) atoms. The van der Waals surface area contributed by atoms with E-state index in [4.69, 9.17) is 19.7 Å². The molecule has 1 heterocycles. The van der Waals surface area contributed by atoms with Crippen molar-refractivity contribution in [1.82, 2.24) is 15.0 Å². The zero-order chi connectivity index (χ0) is 23.9. The maximum atomic E-state index is 10.8. The number of aromatic nitrogens is 3. The molecule has 4 rings (SSSR count). The Labute approximate surface area is 201 Å². The number of aryl methyl sites for hydroxylation is 2. The van der Waals surface area contributed by atoms with Gasteiger partial charge in [-0.1, -0.05) is 85.8 Å². The maximum Gasteiger partial charge on any atom is 0.167 e. The van der Waals surface area contributed by atoms with Gasteiger partial charge in [-0.25, -0.2) is 15.0 Å². The maximum absolute atomic E-state index is 10.8. The Hall–Kier alpha value is -3.73. The SMILES string of the molecule is CCCCCCOc1ccc(-c2nc(-c3ccc(C)cc3)nc(-c3ccc(C)cc3)n2)c(O)c1. The van der Waals surface area contributed by atoms with Crippen LogP contribution >= 0.6 is 0 Å². The van der Waals surface area contributed by atoms with Gasteiger partial charge in [0.15, 0.2) is 17.5 Å². The lowest BCUT2D eigenvalue weighted by atomic mass is 10.1. The van der Waals surface area contributed by atoms with Gasteiger partial charge in [-0.05, 0) is 32.4 Å². The van der Waals surface area contributed by atoms with Crippen LogP contribution in [-0.2, 0) is 0 Å². The van der Waals surface area contributed by atoms with Crippen molar-refractivity contribution in [2.24, 2.45) is 0 Å². The first-order valence-electron chi connectivity index (χ1n) is 11.9. The van der Waals surface area contributed by atoms with E-state index in [9.17, 15) is 5.11 Å². The van der Waals surface area contributed by atoms with Gasteiger partial charge in [0.2, 0.25) is 0 Å². The molecule has 5 nitrogen and oxygen atoms in total. The number of hydrogen-bond donors (Lipinski definition) is 1. The number of benzene rings is 3. The Kier molecular flexibility index (Phi) is 7.53. The van der Waals surface area contributed by atoms with Crippen molar-refractivity contribution in [3.05, 3.63) is 77.9 Å². The number of phenolic OH excluding ortho intramolecular Hbond substituents is 1. The molecular formula is C29H31N3O2. The van der Waals surface area contributed by atoms with Crippen molar-refractivity contribution in [3.8, 4) is 45.7 Å². The Morgan fingerprint density at radius 2 is 1.24 bits per heavy atom. The van der Waals surface area contributed by atoms with Crippen LogP contribution in [0.3, 0.4) is 0 Å². The second-order valence-corrected chi connectivity index (χ2v) is 8.63. The summed E-state index contributed by atoms with van der Waals surface area (Å²) in [5.74, 6) is 2.28. The van der Waals surface area contributed by atoms with E-state index in [2.05, 4.69) is 6.92 Å². The van der Waals surface area contributed by atoms with Crippen molar-refractivity contribution in [1.29, 1.82) is 0 Å². The molecule has 1 aromatic heterocycles. The van der Waals surface area contributed by atoms with Crippen LogP contribution in [-0.4, -0.2) is 26.7 Å². The minimum atomic E-state index is 0.0852. The Balaban J connectivity index is 1.69. The van der Waals surface area contributed by atoms with Gasteiger partial charge in [-0.15, -0.1) is 0 Å². The summed E-state index contributed by atoms with van der Waals surface area (Å²) < 4.78 is 5.82. The highest BCUT2D eigenvalue weighted by atomic mass is 16.5. The minimum absolute atomic E-state index is 0.0852. The summed E-state index contributed by atoms with van der Waals surface area (Å²) in [6.45, 7) is 6.92. The van der Waals surface area contributed by atoms with Gasteiger partial charge in [0.05, 0.1) is 12.2 Å². The van der Waals surface area contributed by atoms with E-state index < -0.39 is 0 Å². The zero-order valence-electron chi connectivity index (χ0n) is 20.1. The first-order valence-corrected chi connectivity index (χ1v) is 11.9. The zero-order valence-corrected chi connectivity index (χ0v) is 20.1. The third-order valence-electron chi connectivity index (χ3n) is 5.73. The number of hydrogen-bond acceptors (Lipinski definition) is 5. The van der Waals surface area contributed by atoms with Crippen LogP contribution in [0.5, 0.6) is 11.5 Å².